The first-order valence-electron chi connectivity index (χ1n) is 4.38. The van der Waals surface area contributed by atoms with E-state index in [1.165, 1.54) is 6.42 Å². The van der Waals surface area contributed by atoms with E-state index in [0.717, 1.165) is 12.3 Å². The summed E-state index contributed by atoms with van der Waals surface area (Å²) in [6.45, 7) is 4.63. The number of ketones is 1. The molecule has 1 fully saturated rings. The van der Waals surface area contributed by atoms with E-state index in [0.29, 0.717) is 11.8 Å². The van der Waals surface area contributed by atoms with Crippen molar-refractivity contribution in [3.63, 3.8) is 0 Å². The molecule has 0 aromatic carbocycles. The lowest BCUT2D eigenvalue weighted by Gasteiger charge is -2.01. The predicted molar refractivity (Wildman–Crippen MR) is 45.1 cm³/mol. The second-order valence-electron chi connectivity index (χ2n) is 3.90. The first-order chi connectivity index (χ1) is 5.15. The SMILES string of the molecule is CC(C)C[C@@H]1C[C@H]1C(=O)CN. The molecule has 2 atom stereocenters. The van der Waals surface area contributed by atoms with Gasteiger partial charge in [0.2, 0.25) is 0 Å². The van der Waals surface area contributed by atoms with Crippen molar-refractivity contribution in [3.05, 3.63) is 0 Å². The van der Waals surface area contributed by atoms with Gasteiger partial charge in [0, 0.05) is 5.92 Å². The Hall–Kier alpha value is -0.370. The summed E-state index contributed by atoms with van der Waals surface area (Å²) in [5.41, 5.74) is 5.26. The molecule has 1 rings (SSSR count). The molecule has 1 saturated carbocycles. The molecule has 0 unspecified atom stereocenters. The normalized spacial score (nSPS) is 29.1. The molecule has 0 heterocycles. The van der Waals surface area contributed by atoms with E-state index in [4.69, 9.17) is 5.73 Å². The minimum absolute atomic E-state index is 0.235. The largest absolute Gasteiger partial charge is 0.324 e. The zero-order valence-corrected chi connectivity index (χ0v) is 7.34. The highest BCUT2D eigenvalue weighted by Gasteiger charge is 2.41. The zero-order chi connectivity index (χ0) is 8.43. The van der Waals surface area contributed by atoms with Crippen LogP contribution in [-0.4, -0.2) is 12.3 Å². The molecule has 0 aromatic rings. The van der Waals surface area contributed by atoms with Crippen molar-refractivity contribution in [3.8, 4) is 0 Å². The molecular weight excluding hydrogens is 138 g/mol. The van der Waals surface area contributed by atoms with Gasteiger partial charge in [0.05, 0.1) is 6.54 Å². The molecule has 0 amide bonds. The Morgan fingerprint density at radius 2 is 2.27 bits per heavy atom. The molecule has 0 aromatic heterocycles. The molecule has 0 radical (unpaired) electrons. The smallest absolute Gasteiger partial charge is 0.149 e. The molecule has 1 aliphatic carbocycles. The summed E-state index contributed by atoms with van der Waals surface area (Å²) in [5, 5.41) is 0. The zero-order valence-electron chi connectivity index (χ0n) is 7.34. The van der Waals surface area contributed by atoms with Gasteiger partial charge in [-0.25, -0.2) is 0 Å². The Balaban J connectivity index is 2.21. The third-order valence-electron chi connectivity index (χ3n) is 2.31. The van der Waals surface area contributed by atoms with Crippen molar-refractivity contribution in [2.24, 2.45) is 23.5 Å². The molecule has 2 heteroatoms. The Kier molecular flexibility index (Phi) is 2.66. The highest BCUT2D eigenvalue weighted by molar-refractivity contribution is 5.85. The number of hydrogen-bond donors (Lipinski definition) is 1. The maximum absolute atomic E-state index is 11.0. The predicted octanol–water partition coefficient (Wildman–Crippen LogP) is 1.20. The third-order valence-corrected chi connectivity index (χ3v) is 2.31. The Morgan fingerprint density at radius 3 is 2.73 bits per heavy atom. The Bertz CT molecular complexity index is 154. The van der Waals surface area contributed by atoms with Crippen molar-refractivity contribution in [2.45, 2.75) is 26.7 Å². The maximum Gasteiger partial charge on any atom is 0.149 e. The summed E-state index contributed by atoms with van der Waals surface area (Å²) < 4.78 is 0. The van der Waals surface area contributed by atoms with Gasteiger partial charge in [-0.05, 0) is 24.7 Å². The van der Waals surface area contributed by atoms with Gasteiger partial charge in [0.1, 0.15) is 5.78 Å². The first-order valence-corrected chi connectivity index (χ1v) is 4.38. The summed E-state index contributed by atoms with van der Waals surface area (Å²) in [5.74, 6) is 1.96. The molecule has 0 aliphatic heterocycles. The summed E-state index contributed by atoms with van der Waals surface area (Å²) >= 11 is 0. The number of carbonyl (C=O) groups excluding carboxylic acids is 1. The van der Waals surface area contributed by atoms with Crippen molar-refractivity contribution in [2.75, 3.05) is 6.54 Å². The quantitative estimate of drug-likeness (QED) is 0.662. The highest BCUT2D eigenvalue weighted by atomic mass is 16.1. The van der Waals surface area contributed by atoms with Crippen molar-refractivity contribution in [1.29, 1.82) is 0 Å². The molecule has 0 bridgehead atoms. The molecule has 0 spiro atoms. The van der Waals surface area contributed by atoms with E-state index in [2.05, 4.69) is 13.8 Å². The Labute approximate surface area is 68.2 Å². The summed E-state index contributed by atoms with van der Waals surface area (Å²) in [6, 6.07) is 0. The van der Waals surface area contributed by atoms with Crippen LogP contribution in [0, 0.1) is 17.8 Å². The topological polar surface area (TPSA) is 43.1 Å². The van der Waals surface area contributed by atoms with Gasteiger partial charge in [0.15, 0.2) is 0 Å². The van der Waals surface area contributed by atoms with Crippen molar-refractivity contribution >= 4 is 5.78 Å². The third kappa shape index (κ3) is 2.29. The number of carbonyl (C=O) groups is 1. The standard InChI is InChI=1S/C9H17NO/c1-6(2)3-7-4-8(7)9(11)5-10/h6-8H,3-5,10H2,1-2H3/t7-,8-/m1/s1. The van der Waals surface area contributed by atoms with Crippen LogP contribution in [0.25, 0.3) is 0 Å². The van der Waals surface area contributed by atoms with Crippen LogP contribution in [0.2, 0.25) is 0 Å². The van der Waals surface area contributed by atoms with Crippen LogP contribution >= 0.6 is 0 Å². The van der Waals surface area contributed by atoms with Crippen LogP contribution in [0.3, 0.4) is 0 Å². The van der Waals surface area contributed by atoms with Gasteiger partial charge in [0.25, 0.3) is 0 Å². The van der Waals surface area contributed by atoms with Crippen LogP contribution in [0.1, 0.15) is 26.7 Å². The average molecular weight is 155 g/mol. The van der Waals surface area contributed by atoms with E-state index in [-0.39, 0.29) is 12.3 Å². The first kappa shape index (κ1) is 8.72. The number of Topliss-reactive ketones (excluding diaryl/α,β-unsaturated/α-hetero) is 1. The molecule has 11 heavy (non-hydrogen) atoms. The number of rotatable bonds is 4. The van der Waals surface area contributed by atoms with E-state index in [9.17, 15) is 4.79 Å². The van der Waals surface area contributed by atoms with Crippen LogP contribution in [0.4, 0.5) is 0 Å². The van der Waals surface area contributed by atoms with Crippen LogP contribution in [0.15, 0.2) is 0 Å². The highest BCUT2D eigenvalue weighted by Crippen LogP contribution is 2.43. The average Bonchev–Trinajstić information content (AvgIpc) is 2.65. The number of hydrogen-bond acceptors (Lipinski definition) is 2. The van der Waals surface area contributed by atoms with Gasteiger partial charge >= 0.3 is 0 Å². The van der Waals surface area contributed by atoms with E-state index in [1.807, 2.05) is 0 Å². The molecule has 2 nitrogen and oxygen atoms in total. The van der Waals surface area contributed by atoms with Crippen LogP contribution in [0.5, 0.6) is 0 Å². The molecule has 2 N–H and O–H groups in total. The summed E-state index contributed by atoms with van der Waals surface area (Å²) in [7, 11) is 0. The fourth-order valence-electron chi connectivity index (χ4n) is 1.66. The second-order valence-corrected chi connectivity index (χ2v) is 3.90. The molecule has 1 aliphatic rings. The Morgan fingerprint density at radius 1 is 1.64 bits per heavy atom. The molecule has 0 saturated heterocycles. The van der Waals surface area contributed by atoms with Gasteiger partial charge in [-0.15, -0.1) is 0 Å². The summed E-state index contributed by atoms with van der Waals surface area (Å²) in [6.07, 6.45) is 2.28. The lowest BCUT2D eigenvalue weighted by atomic mass is 10.0. The fourth-order valence-corrected chi connectivity index (χ4v) is 1.66. The minimum atomic E-state index is 0.235. The van der Waals surface area contributed by atoms with Gasteiger partial charge in [-0.2, -0.15) is 0 Å². The monoisotopic (exact) mass is 155 g/mol. The number of nitrogens with two attached hydrogens (primary N) is 1. The van der Waals surface area contributed by atoms with E-state index >= 15 is 0 Å². The van der Waals surface area contributed by atoms with Gasteiger partial charge < -0.3 is 5.73 Å². The van der Waals surface area contributed by atoms with E-state index in [1.54, 1.807) is 0 Å². The van der Waals surface area contributed by atoms with Gasteiger partial charge in [-0.3, -0.25) is 4.79 Å². The second kappa shape index (κ2) is 3.35. The minimum Gasteiger partial charge on any atom is -0.324 e. The summed E-state index contributed by atoms with van der Waals surface area (Å²) in [4.78, 5) is 11.0. The lowest BCUT2D eigenvalue weighted by molar-refractivity contribution is -0.119. The van der Waals surface area contributed by atoms with Crippen molar-refractivity contribution < 1.29 is 4.79 Å². The lowest BCUT2D eigenvalue weighted by Crippen LogP contribution is -2.16. The maximum atomic E-state index is 11.0. The van der Waals surface area contributed by atoms with E-state index < -0.39 is 0 Å². The fraction of sp³-hybridized carbons (Fsp3) is 0.889. The molecular formula is C9H17NO. The molecule has 64 valence electrons. The van der Waals surface area contributed by atoms with Crippen LogP contribution in [-0.2, 0) is 4.79 Å². The van der Waals surface area contributed by atoms with Gasteiger partial charge in [-0.1, -0.05) is 13.8 Å². The van der Waals surface area contributed by atoms with Crippen molar-refractivity contribution in [1.82, 2.24) is 0 Å². The van der Waals surface area contributed by atoms with Crippen LogP contribution < -0.4 is 5.73 Å².